The molecule has 3 atom stereocenters. The van der Waals surface area contributed by atoms with Crippen molar-refractivity contribution < 1.29 is 19.2 Å². The summed E-state index contributed by atoms with van der Waals surface area (Å²) in [6, 6.07) is 24.1. The minimum Gasteiger partial charge on any atom is -0.370 e. The number of para-hydroxylation sites is 1. The highest BCUT2D eigenvalue weighted by atomic mass is 32.1. The highest BCUT2D eigenvalue weighted by Crippen LogP contribution is 2.23. The predicted molar refractivity (Wildman–Crippen MR) is 199 cm³/mol. The summed E-state index contributed by atoms with van der Waals surface area (Å²) in [4.78, 5) is 63.2. The lowest BCUT2D eigenvalue weighted by Crippen LogP contribution is -2.56. The number of aliphatic imine (C=N–C) groups is 1. The minimum absolute atomic E-state index is 0.0366. The van der Waals surface area contributed by atoms with Crippen molar-refractivity contribution >= 4 is 51.0 Å². The largest absolute Gasteiger partial charge is 0.370 e. The number of carbonyl (C=O) groups excluding carboxylic acids is 4. The number of thiazole rings is 1. The van der Waals surface area contributed by atoms with Crippen LogP contribution < -0.4 is 27.4 Å². The van der Waals surface area contributed by atoms with Crippen LogP contribution >= 0.6 is 11.3 Å². The number of nitrogens with zero attached hydrogens (tertiary/aromatic N) is 2. The number of benzene rings is 3. The van der Waals surface area contributed by atoms with Crippen molar-refractivity contribution in [1.82, 2.24) is 20.9 Å². The molecule has 0 unspecified atom stereocenters. The van der Waals surface area contributed by atoms with E-state index in [0.29, 0.717) is 37.6 Å². The number of guanidine groups is 1. The summed E-state index contributed by atoms with van der Waals surface area (Å²) < 4.78 is 0.860. The number of amides is 3. The van der Waals surface area contributed by atoms with E-state index in [1.54, 1.807) is 0 Å². The maximum absolute atomic E-state index is 13.9. The fourth-order valence-corrected chi connectivity index (χ4v) is 6.50. The zero-order valence-corrected chi connectivity index (χ0v) is 29.5. The van der Waals surface area contributed by atoms with Crippen LogP contribution in [0.15, 0.2) is 89.9 Å². The Labute approximate surface area is 297 Å². The third-order valence-electron chi connectivity index (χ3n) is 8.12. The number of hydrogen-bond acceptors (Lipinski definition) is 7. The van der Waals surface area contributed by atoms with Crippen LogP contribution in [0.2, 0.25) is 0 Å². The molecule has 3 aromatic carbocycles. The Kier molecular flexibility index (Phi) is 14.5. The lowest BCUT2D eigenvalue weighted by atomic mass is 9.99. The van der Waals surface area contributed by atoms with Crippen LogP contribution in [0.5, 0.6) is 0 Å². The molecular formula is C38H47N7O4S. The third kappa shape index (κ3) is 12.1. The zero-order chi connectivity index (χ0) is 35.9. The highest BCUT2D eigenvalue weighted by molar-refractivity contribution is 7.20. The van der Waals surface area contributed by atoms with Crippen molar-refractivity contribution in [3.63, 3.8) is 0 Å². The fourth-order valence-electron chi connectivity index (χ4n) is 5.54. The summed E-state index contributed by atoms with van der Waals surface area (Å²) in [5, 5.41) is 9.00. The first-order valence-corrected chi connectivity index (χ1v) is 17.8. The maximum atomic E-state index is 13.9. The molecule has 0 aliphatic heterocycles. The van der Waals surface area contributed by atoms with Crippen molar-refractivity contribution in [2.24, 2.45) is 22.4 Å². The molecule has 264 valence electrons. The molecule has 0 radical (unpaired) electrons. The van der Waals surface area contributed by atoms with Gasteiger partial charge >= 0.3 is 0 Å². The van der Waals surface area contributed by atoms with E-state index in [1.165, 1.54) is 11.3 Å². The number of rotatable bonds is 19. The zero-order valence-electron chi connectivity index (χ0n) is 28.6. The Morgan fingerprint density at radius 3 is 1.98 bits per heavy atom. The molecular weight excluding hydrogens is 651 g/mol. The van der Waals surface area contributed by atoms with Gasteiger partial charge in [-0.05, 0) is 67.7 Å². The van der Waals surface area contributed by atoms with Crippen LogP contribution in [0.25, 0.3) is 10.2 Å². The number of nitrogens with two attached hydrogens (primary N) is 2. The molecule has 0 saturated carbocycles. The Bertz CT molecular complexity index is 1710. The second-order valence-corrected chi connectivity index (χ2v) is 13.7. The fraction of sp³-hybridized carbons (Fsp3) is 0.368. The van der Waals surface area contributed by atoms with Gasteiger partial charge in [0.2, 0.25) is 23.5 Å². The van der Waals surface area contributed by atoms with E-state index >= 15 is 0 Å². The van der Waals surface area contributed by atoms with E-state index in [1.807, 2.05) is 98.8 Å². The lowest BCUT2D eigenvalue weighted by Gasteiger charge is -2.26. The van der Waals surface area contributed by atoms with Crippen molar-refractivity contribution in [1.29, 1.82) is 0 Å². The van der Waals surface area contributed by atoms with E-state index < -0.39 is 29.9 Å². The van der Waals surface area contributed by atoms with Crippen molar-refractivity contribution in [3.05, 3.63) is 101 Å². The average Bonchev–Trinajstić information content (AvgIpc) is 3.55. The van der Waals surface area contributed by atoms with Gasteiger partial charge in [-0.2, -0.15) is 0 Å². The Balaban J connectivity index is 1.50. The first-order valence-electron chi connectivity index (χ1n) is 17.0. The number of ketones is 1. The first-order chi connectivity index (χ1) is 24.1. The smallest absolute Gasteiger partial charge is 0.243 e. The van der Waals surface area contributed by atoms with Gasteiger partial charge in [-0.3, -0.25) is 24.2 Å². The Morgan fingerprint density at radius 1 is 0.740 bits per heavy atom. The number of aromatic nitrogens is 1. The van der Waals surface area contributed by atoms with Gasteiger partial charge in [0.25, 0.3) is 0 Å². The summed E-state index contributed by atoms with van der Waals surface area (Å²) in [5.74, 6) is -1.56. The van der Waals surface area contributed by atoms with Gasteiger partial charge in [-0.25, -0.2) is 4.98 Å². The first kappa shape index (κ1) is 37.7. The van der Waals surface area contributed by atoms with E-state index in [0.717, 1.165) is 15.8 Å². The molecule has 11 nitrogen and oxygen atoms in total. The van der Waals surface area contributed by atoms with Gasteiger partial charge < -0.3 is 27.4 Å². The highest BCUT2D eigenvalue weighted by Gasteiger charge is 2.31. The van der Waals surface area contributed by atoms with Gasteiger partial charge in [-0.1, -0.05) is 86.6 Å². The number of nitrogens with one attached hydrogen (secondary N) is 3. The number of fused-ring (bicyclic) bond motifs is 1. The molecule has 4 rings (SSSR count). The predicted octanol–water partition coefficient (Wildman–Crippen LogP) is 4.30. The summed E-state index contributed by atoms with van der Waals surface area (Å²) >= 11 is 1.26. The third-order valence-corrected chi connectivity index (χ3v) is 9.17. The standard InChI is InChI=1S/C38H47N7O4S/c1-25(2)24-31(36(49)43-29(17-11-23-41-38(39)40)34(47)37-45-28-16-9-10-18-32(28)50-37)44-35(48)30(21-19-26-12-5-3-6-13-26)42-33(46)22-20-27-14-7-4-8-15-27/h3-10,12-16,18,25,29-31H,11,17,19-24H2,1-2H3,(H,42,46)(H,43,49)(H,44,48)(H4,39,40,41)/t29-,30-,31-/m0/s1. The van der Waals surface area contributed by atoms with Crippen LogP contribution in [0.3, 0.4) is 0 Å². The topological polar surface area (TPSA) is 182 Å². The van der Waals surface area contributed by atoms with E-state index in [2.05, 4.69) is 25.9 Å². The molecule has 7 N–H and O–H groups in total. The molecule has 0 saturated heterocycles. The second-order valence-electron chi connectivity index (χ2n) is 12.7. The Morgan fingerprint density at radius 2 is 1.34 bits per heavy atom. The van der Waals surface area contributed by atoms with Crippen molar-refractivity contribution in [3.8, 4) is 0 Å². The van der Waals surface area contributed by atoms with Crippen molar-refractivity contribution in [2.45, 2.75) is 76.9 Å². The van der Waals surface area contributed by atoms with E-state index in [9.17, 15) is 19.2 Å². The molecule has 4 aromatic rings. The van der Waals surface area contributed by atoms with Gasteiger partial charge in [0.15, 0.2) is 11.0 Å². The molecule has 0 aliphatic carbocycles. The minimum atomic E-state index is -0.952. The number of carbonyl (C=O) groups is 4. The summed E-state index contributed by atoms with van der Waals surface area (Å²) in [6.07, 6.45) is 2.64. The van der Waals surface area contributed by atoms with Crippen LogP contribution in [0, 0.1) is 5.92 Å². The molecule has 1 aromatic heterocycles. The SMILES string of the molecule is CC(C)C[C@H](NC(=O)[C@H](CCc1ccccc1)NC(=O)CCc1ccccc1)C(=O)N[C@@H](CCCN=C(N)N)C(=O)c1nc2ccccc2s1. The van der Waals surface area contributed by atoms with Crippen molar-refractivity contribution in [2.75, 3.05) is 6.54 Å². The van der Waals surface area contributed by atoms with Crippen LogP contribution in [-0.2, 0) is 27.2 Å². The van der Waals surface area contributed by atoms with Gasteiger partial charge in [0, 0.05) is 13.0 Å². The Hall–Kier alpha value is -5.10. The second kappa shape index (κ2) is 19.2. The van der Waals surface area contributed by atoms with Gasteiger partial charge in [0.1, 0.15) is 12.1 Å². The summed E-state index contributed by atoms with van der Waals surface area (Å²) in [6.45, 7) is 4.17. The van der Waals surface area contributed by atoms with Crippen LogP contribution in [0.4, 0.5) is 0 Å². The number of Topliss-reactive ketones (excluding diaryl/α,β-unsaturated/α-hetero) is 1. The molecule has 12 heteroatoms. The average molecular weight is 698 g/mol. The quantitative estimate of drug-likeness (QED) is 0.0419. The molecule has 1 heterocycles. The monoisotopic (exact) mass is 697 g/mol. The molecule has 50 heavy (non-hydrogen) atoms. The summed E-state index contributed by atoms with van der Waals surface area (Å²) in [7, 11) is 0. The van der Waals surface area contributed by atoms with Gasteiger partial charge in [-0.15, -0.1) is 11.3 Å². The maximum Gasteiger partial charge on any atom is 0.243 e. The molecule has 0 aliphatic rings. The molecule has 3 amide bonds. The van der Waals surface area contributed by atoms with Crippen LogP contribution in [0.1, 0.15) is 66.9 Å². The molecule has 0 fully saturated rings. The van der Waals surface area contributed by atoms with Crippen LogP contribution in [-0.4, -0.2) is 59.1 Å². The number of aryl methyl sites for hydroxylation is 2. The van der Waals surface area contributed by atoms with Gasteiger partial charge in [0.05, 0.1) is 16.3 Å². The van der Waals surface area contributed by atoms with E-state index in [4.69, 9.17) is 11.5 Å². The normalized spacial score (nSPS) is 12.9. The lowest BCUT2D eigenvalue weighted by molar-refractivity contribution is -0.132. The number of hydrogen-bond donors (Lipinski definition) is 5. The molecule has 0 bridgehead atoms. The van der Waals surface area contributed by atoms with E-state index in [-0.39, 0.29) is 48.0 Å². The molecule has 0 spiro atoms. The summed E-state index contributed by atoms with van der Waals surface area (Å²) in [5.41, 5.74) is 13.7.